The van der Waals surface area contributed by atoms with Crippen LogP contribution in [0.3, 0.4) is 0 Å². The summed E-state index contributed by atoms with van der Waals surface area (Å²) in [5, 5.41) is 42.0. The monoisotopic (exact) mass is 716 g/mol. The summed E-state index contributed by atoms with van der Waals surface area (Å²) < 4.78 is 0. The van der Waals surface area contributed by atoms with Crippen LogP contribution in [0.5, 0.6) is 23.0 Å². The summed E-state index contributed by atoms with van der Waals surface area (Å²) in [7, 11) is 0. The van der Waals surface area contributed by atoms with E-state index in [1.807, 2.05) is 0 Å². The van der Waals surface area contributed by atoms with Crippen LogP contribution in [0.4, 0.5) is 0 Å². The molecule has 2 radical (unpaired) electrons. The zero-order valence-electron chi connectivity index (χ0n) is 20.3. The SMILES string of the molecule is O=c1cccccc1[O-].O=c1cccccc1[O-].O=c1cccccc1[O-].O=c1cccccc1[O-].[Bi+3].[Na+]. The average molecular weight is 716 g/mol. The van der Waals surface area contributed by atoms with Crippen molar-refractivity contribution in [1.82, 2.24) is 0 Å². The molecule has 8 nitrogen and oxygen atoms in total. The van der Waals surface area contributed by atoms with Crippen molar-refractivity contribution in [1.29, 1.82) is 0 Å². The molecule has 4 aromatic rings. The third-order valence-electron chi connectivity index (χ3n) is 3.84. The van der Waals surface area contributed by atoms with Crippen molar-refractivity contribution in [2.45, 2.75) is 0 Å². The average Bonchev–Trinajstić information content (AvgIpc) is 3.34. The van der Waals surface area contributed by atoms with Gasteiger partial charge in [-0.15, -0.1) is 0 Å². The van der Waals surface area contributed by atoms with Crippen LogP contribution in [0, 0.1) is 0 Å². The molecule has 0 saturated heterocycles. The van der Waals surface area contributed by atoms with Gasteiger partial charge in [-0.05, 0) is 24.3 Å². The maximum absolute atomic E-state index is 10.5. The van der Waals surface area contributed by atoms with E-state index in [0.29, 0.717) is 0 Å². The molecule has 10 heteroatoms. The molecule has 0 fully saturated rings. The van der Waals surface area contributed by atoms with Gasteiger partial charge in [-0.1, -0.05) is 120 Å². The van der Waals surface area contributed by atoms with Crippen LogP contribution < -0.4 is 71.7 Å². The molecule has 0 aliphatic carbocycles. The fourth-order valence-electron chi connectivity index (χ4n) is 2.06. The Bertz CT molecular complexity index is 1260. The van der Waals surface area contributed by atoms with E-state index in [0.717, 1.165) is 0 Å². The smallest absolute Gasteiger partial charge is 0.870 e. The van der Waals surface area contributed by atoms with Crippen LogP contribution >= 0.6 is 0 Å². The largest absolute Gasteiger partial charge is 3.00 e. The molecular formula is C28H20BiNaO8. The van der Waals surface area contributed by atoms with E-state index in [4.69, 9.17) is 0 Å². The Balaban J connectivity index is 0. The first-order valence-corrected chi connectivity index (χ1v) is 10.3. The first-order valence-electron chi connectivity index (χ1n) is 10.3. The summed E-state index contributed by atoms with van der Waals surface area (Å²) in [5.41, 5.74) is -1.83. The zero-order chi connectivity index (χ0) is 26.8. The van der Waals surface area contributed by atoms with Crippen molar-refractivity contribution in [3.63, 3.8) is 0 Å². The Morgan fingerprint density at radius 3 is 0.658 bits per heavy atom. The normalized spacial score (nSPS) is 8.42. The van der Waals surface area contributed by atoms with Crippen molar-refractivity contribution < 1.29 is 50.0 Å². The van der Waals surface area contributed by atoms with Gasteiger partial charge in [-0.2, -0.15) is 0 Å². The van der Waals surface area contributed by atoms with Crippen LogP contribution in [0.25, 0.3) is 0 Å². The van der Waals surface area contributed by atoms with E-state index in [-0.39, 0.29) is 55.8 Å². The minimum absolute atomic E-state index is 0. The predicted octanol–water partition coefficient (Wildman–Crippen LogP) is -2.90. The Hall–Kier alpha value is -3.36. The van der Waals surface area contributed by atoms with Crippen LogP contribution in [0.1, 0.15) is 0 Å². The van der Waals surface area contributed by atoms with Gasteiger partial charge in [-0.3, -0.25) is 19.2 Å². The third kappa shape index (κ3) is 16.4. The molecule has 38 heavy (non-hydrogen) atoms. The second-order valence-corrected chi connectivity index (χ2v) is 6.56. The Morgan fingerprint density at radius 2 is 0.474 bits per heavy atom. The molecule has 0 amide bonds. The number of hydrogen-bond donors (Lipinski definition) is 0. The minimum atomic E-state index is -0.458. The molecule has 0 aromatic heterocycles. The van der Waals surface area contributed by atoms with Gasteiger partial charge in [0, 0.05) is 0 Å². The van der Waals surface area contributed by atoms with Gasteiger partial charge in [0.05, 0.1) is 0 Å². The molecule has 186 valence electrons. The molecule has 0 heterocycles. The fraction of sp³-hybridized carbons (Fsp3) is 0. The van der Waals surface area contributed by atoms with Crippen molar-refractivity contribution in [2.24, 2.45) is 0 Å². The van der Waals surface area contributed by atoms with E-state index < -0.39 is 44.7 Å². The summed E-state index contributed by atoms with van der Waals surface area (Å²) in [5.74, 6) is -1.83. The molecule has 0 aliphatic heterocycles. The number of rotatable bonds is 0. The topological polar surface area (TPSA) is 161 Å². The molecule has 0 spiro atoms. The van der Waals surface area contributed by atoms with Gasteiger partial charge in [-0.25, -0.2) is 0 Å². The van der Waals surface area contributed by atoms with Crippen molar-refractivity contribution in [3.05, 3.63) is 162 Å². The Morgan fingerprint density at radius 1 is 0.316 bits per heavy atom. The van der Waals surface area contributed by atoms with E-state index in [1.54, 1.807) is 72.8 Å². The molecule has 0 saturated carbocycles. The second-order valence-electron chi connectivity index (χ2n) is 6.56. The maximum Gasteiger partial charge on any atom is 3.00 e. The van der Waals surface area contributed by atoms with Crippen LogP contribution in [-0.4, -0.2) is 26.2 Å². The molecule has 0 aliphatic rings. The predicted molar refractivity (Wildman–Crippen MR) is 134 cm³/mol. The summed E-state index contributed by atoms with van der Waals surface area (Å²) >= 11 is 0. The first kappa shape index (κ1) is 36.8. The van der Waals surface area contributed by atoms with E-state index in [2.05, 4.69) is 0 Å². The fourth-order valence-corrected chi connectivity index (χ4v) is 2.06. The molecular weight excluding hydrogens is 696 g/mol. The molecule has 0 unspecified atom stereocenters. The van der Waals surface area contributed by atoms with Crippen LogP contribution in [0.15, 0.2) is 141 Å². The number of hydrogen-bond acceptors (Lipinski definition) is 8. The van der Waals surface area contributed by atoms with Gasteiger partial charge in [0.25, 0.3) is 0 Å². The van der Waals surface area contributed by atoms with Gasteiger partial charge in [0.2, 0.25) is 0 Å². The van der Waals surface area contributed by atoms with E-state index in [1.165, 1.54) is 48.5 Å². The van der Waals surface area contributed by atoms with Gasteiger partial charge < -0.3 is 20.4 Å². The molecule has 0 N–H and O–H groups in total. The second kappa shape index (κ2) is 21.7. The van der Waals surface area contributed by atoms with E-state index >= 15 is 0 Å². The third-order valence-corrected chi connectivity index (χ3v) is 3.84. The molecule has 4 aromatic carbocycles. The van der Waals surface area contributed by atoms with Gasteiger partial charge in [0.15, 0.2) is 21.7 Å². The summed E-state index contributed by atoms with van der Waals surface area (Å²) in [6.07, 6.45) is 0. The van der Waals surface area contributed by atoms with Crippen molar-refractivity contribution in [3.8, 4) is 23.0 Å². The summed E-state index contributed by atoms with van der Waals surface area (Å²) in [4.78, 5) is 42.0. The van der Waals surface area contributed by atoms with E-state index in [9.17, 15) is 39.6 Å². The van der Waals surface area contributed by atoms with Crippen LogP contribution in [-0.2, 0) is 0 Å². The molecule has 0 bridgehead atoms. The molecule has 0 atom stereocenters. The van der Waals surface area contributed by atoms with Gasteiger partial charge in [0.1, 0.15) is 0 Å². The Labute approximate surface area is 259 Å². The van der Waals surface area contributed by atoms with Crippen molar-refractivity contribution in [2.75, 3.05) is 0 Å². The van der Waals surface area contributed by atoms with Crippen LogP contribution in [0.2, 0.25) is 0 Å². The Kier molecular flexibility index (Phi) is 21.0. The summed E-state index contributed by atoms with van der Waals surface area (Å²) in [6.45, 7) is 0. The zero-order valence-corrected chi connectivity index (χ0v) is 25.7. The van der Waals surface area contributed by atoms with Gasteiger partial charge >= 0.3 is 55.8 Å². The van der Waals surface area contributed by atoms with Crippen molar-refractivity contribution >= 4 is 26.2 Å². The quantitative estimate of drug-likeness (QED) is 0.176. The minimum Gasteiger partial charge on any atom is -0.870 e. The molecule has 4 rings (SSSR count). The maximum atomic E-state index is 10.5. The summed E-state index contributed by atoms with van der Waals surface area (Å²) in [6, 6.07) is 28.9. The standard InChI is InChI=1S/4C7H6O2.Bi.Na/c4*8-6-4-2-1-3-5-7(6)9;;/h4*1-5H,(H,8,9);;/q;;;;+3;+1/p-4. The first-order chi connectivity index (χ1) is 17.2.